The first-order valence-electron chi connectivity index (χ1n) is 10.1. The van der Waals surface area contributed by atoms with E-state index in [1.54, 1.807) is 6.20 Å². The van der Waals surface area contributed by atoms with E-state index in [1.807, 2.05) is 0 Å². The molecule has 1 N–H and O–H groups in total. The molecular formula is C22H35NO2. The largest absolute Gasteiger partial charge is 0.366 e. The molecule has 1 rings (SSSR count). The van der Waals surface area contributed by atoms with Crippen LogP contribution in [0.4, 0.5) is 0 Å². The first kappa shape index (κ1) is 21.4. The number of aromatic amines is 1. The fourth-order valence-corrected chi connectivity index (χ4v) is 3.03. The van der Waals surface area contributed by atoms with Gasteiger partial charge in [-0.1, -0.05) is 64.0 Å². The number of aromatic nitrogens is 1. The Morgan fingerprint density at radius 2 is 1.44 bits per heavy atom. The third-order valence-electron chi connectivity index (χ3n) is 4.64. The fraction of sp³-hybridized carbons (Fsp3) is 0.636. The normalized spacial score (nSPS) is 11.2. The summed E-state index contributed by atoms with van der Waals surface area (Å²) in [5.74, 6) is 0. The quantitative estimate of drug-likeness (QED) is 0.241. The molecule has 3 heteroatoms. The second-order valence-corrected chi connectivity index (χ2v) is 6.86. The van der Waals surface area contributed by atoms with E-state index >= 15 is 0 Å². The van der Waals surface area contributed by atoms with E-state index in [2.05, 4.69) is 24.1 Å². The van der Waals surface area contributed by atoms with Crippen LogP contribution in [0.15, 0.2) is 29.3 Å². The molecule has 0 saturated heterocycles. The lowest BCUT2D eigenvalue weighted by molar-refractivity contribution is 0.112. The van der Waals surface area contributed by atoms with Gasteiger partial charge in [-0.05, 0) is 38.5 Å². The van der Waals surface area contributed by atoms with Gasteiger partial charge in [0.1, 0.15) is 0 Å². The third-order valence-corrected chi connectivity index (χ3v) is 4.64. The number of rotatable bonds is 15. The predicted molar refractivity (Wildman–Crippen MR) is 106 cm³/mol. The molecule has 1 aromatic rings. The molecule has 0 fully saturated rings. The standard InChI is InChI=1S/C22H35NO2/c1-2-3-4-5-6-7-8-9-10-11-12-13-14-15-16-20-17-23-18-21(19-24)22(20)25/h9-10,17-19H,2-8,11-16H2,1H3,(H,23,25). The topological polar surface area (TPSA) is 49.9 Å². The van der Waals surface area contributed by atoms with Crippen LogP contribution < -0.4 is 5.43 Å². The van der Waals surface area contributed by atoms with E-state index in [-0.39, 0.29) is 11.0 Å². The Bertz CT molecular complexity index is 545. The second-order valence-electron chi connectivity index (χ2n) is 6.86. The molecule has 25 heavy (non-hydrogen) atoms. The second kappa shape index (κ2) is 14.7. The highest BCUT2D eigenvalue weighted by Crippen LogP contribution is 2.09. The molecule has 0 atom stereocenters. The molecule has 0 radical (unpaired) electrons. The number of carbonyl (C=O) groups is 1. The molecule has 1 aromatic heterocycles. The number of carbonyl (C=O) groups excluding carboxylic acids is 1. The smallest absolute Gasteiger partial charge is 0.195 e. The lowest BCUT2D eigenvalue weighted by Crippen LogP contribution is -2.14. The number of hydrogen-bond donors (Lipinski definition) is 1. The van der Waals surface area contributed by atoms with E-state index < -0.39 is 0 Å². The van der Waals surface area contributed by atoms with Crippen molar-refractivity contribution in [2.45, 2.75) is 90.4 Å². The molecule has 1 heterocycles. The monoisotopic (exact) mass is 345 g/mol. The van der Waals surface area contributed by atoms with Gasteiger partial charge in [-0.2, -0.15) is 0 Å². The van der Waals surface area contributed by atoms with E-state index in [9.17, 15) is 9.59 Å². The van der Waals surface area contributed by atoms with Crippen LogP contribution in [0.5, 0.6) is 0 Å². The van der Waals surface area contributed by atoms with E-state index in [1.165, 1.54) is 64.0 Å². The molecule has 0 aliphatic heterocycles. The average Bonchev–Trinajstić information content (AvgIpc) is 2.63. The maximum absolute atomic E-state index is 11.9. The number of aldehydes is 1. The van der Waals surface area contributed by atoms with Gasteiger partial charge in [0.25, 0.3) is 0 Å². The van der Waals surface area contributed by atoms with Crippen LogP contribution >= 0.6 is 0 Å². The van der Waals surface area contributed by atoms with Gasteiger partial charge in [0.05, 0.1) is 5.56 Å². The molecular weight excluding hydrogens is 310 g/mol. The van der Waals surface area contributed by atoms with Gasteiger partial charge in [-0.15, -0.1) is 0 Å². The molecule has 3 nitrogen and oxygen atoms in total. The highest BCUT2D eigenvalue weighted by atomic mass is 16.1. The highest BCUT2D eigenvalue weighted by molar-refractivity contribution is 5.74. The van der Waals surface area contributed by atoms with Crippen molar-refractivity contribution in [1.82, 2.24) is 4.98 Å². The maximum Gasteiger partial charge on any atom is 0.195 e. The van der Waals surface area contributed by atoms with Crippen molar-refractivity contribution in [2.75, 3.05) is 0 Å². The van der Waals surface area contributed by atoms with Crippen molar-refractivity contribution in [3.05, 3.63) is 45.9 Å². The summed E-state index contributed by atoms with van der Waals surface area (Å²) in [6.07, 6.45) is 24.4. The van der Waals surface area contributed by atoms with Crippen LogP contribution in [-0.4, -0.2) is 11.3 Å². The van der Waals surface area contributed by atoms with Crippen LogP contribution in [0, 0.1) is 0 Å². The zero-order valence-electron chi connectivity index (χ0n) is 15.9. The first-order valence-corrected chi connectivity index (χ1v) is 10.1. The number of H-pyrrole nitrogens is 1. The van der Waals surface area contributed by atoms with Crippen molar-refractivity contribution in [2.24, 2.45) is 0 Å². The zero-order valence-corrected chi connectivity index (χ0v) is 15.9. The van der Waals surface area contributed by atoms with Crippen molar-refractivity contribution in [3.8, 4) is 0 Å². The summed E-state index contributed by atoms with van der Waals surface area (Å²) in [7, 11) is 0. The molecule has 0 aliphatic carbocycles. The van der Waals surface area contributed by atoms with Crippen molar-refractivity contribution < 1.29 is 4.79 Å². The third kappa shape index (κ3) is 10.1. The Balaban J connectivity index is 1.98. The first-order chi connectivity index (χ1) is 12.3. The van der Waals surface area contributed by atoms with E-state index in [0.29, 0.717) is 6.29 Å². The van der Waals surface area contributed by atoms with Gasteiger partial charge in [0.15, 0.2) is 11.7 Å². The van der Waals surface area contributed by atoms with Gasteiger partial charge in [0.2, 0.25) is 0 Å². The number of hydrogen-bond acceptors (Lipinski definition) is 2. The number of aryl methyl sites for hydroxylation is 1. The fourth-order valence-electron chi connectivity index (χ4n) is 3.03. The lowest BCUT2D eigenvalue weighted by atomic mass is 10.0. The predicted octanol–water partition coefficient (Wildman–Crippen LogP) is 5.99. The van der Waals surface area contributed by atoms with Gasteiger partial charge >= 0.3 is 0 Å². The summed E-state index contributed by atoms with van der Waals surface area (Å²) in [4.78, 5) is 25.5. The van der Waals surface area contributed by atoms with Gasteiger partial charge in [-0.3, -0.25) is 9.59 Å². The minimum absolute atomic E-state index is 0.119. The Morgan fingerprint density at radius 1 is 0.840 bits per heavy atom. The Hall–Kier alpha value is -1.64. The molecule has 0 amide bonds. The molecule has 140 valence electrons. The van der Waals surface area contributed by atoms with Crippen LogP contribution in [0.1, 0.15) is 99.9 Å². The summed E-state index contributed by atoms with van der Waals surface area (Å²) in [6, 6.07) is 0. The zero-order chi connectivity index (χ0) is 18.2. The molecule has 0 bridgehead atoms. The van der Waals surface area contributed by atoms with Crippen molar-refractivity contribution in [3.63, 3.8) is 0 Å². The van der Waals surface area contributed by atoms with Crippen molar-refractivity contribution >= 4 is 6.29 Å². The Kier molecular flexibility index (Phi) is 12.6. The average molecular weight is 346 g/mol. The molecule has 0 aromatic carbocycles. The Morgan fingerprint density at radius 3 is 2.08 bits per heavy atom. The van der Waals surface area contributed by atoms with Crippen LogP contribution in [0.3, 0.4) is 0 Å². The maximum atomic E-state index is 11.9. The minimum Gasteiger partial charge on any atom is -0.366 e. The van der Waals surface area contributed by atoms with Crippen molar-refractivity contribution in [1.29, 1.82) is 0 Å². The summed E-state index contributed by atoms with van der Waals surface area (Å²) >= 11 is 0. The Labute approximate surface area is 152 Å². The molecule has 0 aliphatic rings. The number of pyridine rings is 1. The number of allylic oxidation sites excluding steroid dienone is 2. The van der Waals surface area contributed by atoms with Gasteiger partial charge in [0, 0.05) is 18.0 Å². The lowest BCUT2D eigenvalue weighted by Gasteiger charge is -2.02. The molecule has 0 spiro atoms. The summed E-state index contributed by atoms with van der Waals surface area (Å²) in [5, 5.41) is 0. The summed E-state index contributed by atoms with van der Waals surface area (Å²) < 4.78 is 0. The van der Waals surface area contributed by atoms with Crippen LogP contribution in [-0.2, 0) is 6.42 Å². The summed E-state index contributed by atoms with van der Waals surface area (Å²) in [5.41, 5.74) is 0.836. The molecule has 0 saturated carbocycles. The summed E-state index contributed by atoms with van der Waals surface area (Å²) in [6.45, 7) is 2.26. The van der Waals surface area contributed by atoms with Crippen LogP contribution in [0.2, 0.25) is 0 Å². The number of unbranched alkanes of at least 4 members (excludes halogenated alkanes) is 10. The number of nitrogens with one attached hydrogen (secondary N) is 1. The molecule has 0 unspecified atom stereocenters. The minimum atomic E-state index is -0.119. The van der Waals surface area contributed by atoms with E-state index in [4.69, 9.17) is 0 Å². The van der Waals surface area contributed by atoms with E-state index in [0.717, 1.165) is 31.2 Å². The van der Waals surface area contributed by atoms with Gasteiger partial charge < -0.3 is 4.98 Å². The highest BCUT2D eigenvalue weighted by Gasteiger charge is 2.03. The SMILES string of the molecule is CCCCCCCCC=CCCCCCCc1c[nH]cc(C=O)c1=O. The van der Waals surface area contributed by atoms with Gasteiger partial charge in [-0.25, -0.2) is 0 Å². The van der Waals surface area contributed by atoms with Crippen LogP contribution in [0.25, 0.3) is 0 Å².